The molecule has 4 nitrogen and oxygen atoms in total. The second kappa shape index (κ2) is 8.29. The maximum absolute atomic E-state index is 14.3. The van der Waals surface area contributed by atoms with Crippen molar-refractivity contribution in [3.63, 3.8) is 0 Å². The molecule has 0 spiro atoms. The lowest BCUT2D eigenvalue weighted by Gasteiger charge is -2.33. The first-order chi connectivity index (χ1) is 14.1. The molecule has 152 valence electrons. The molecule has 4 rings (SSSR count). The van der Waals surface area contributed by atoms with Crippen LogP contribution in [0.3, 0.4) is 0 Å². The first-order valence-electron chi connectivity index (χ1n) is 9.59. The predicted octanol–water partition coefficient (Wildman–Crippen LogP) is 4.88. The van der Waals surface area contributed by atoms with E-state index >= 15 is 0 Å². The molecule has 1 fully saturated rings. The number of benzene rings is 2. The molecule has 1 N–H and O–H groups in total. The van der Waals surface area contributed by atoms with Gasteiger partial charge in [0.1, 0.15) is 23.2 Å². The summed E-state index contributed by atoms with van der Waals surface area (Å²) >= 11 is 0. The van der Waals surface area contributed by atoms with Crippen molar-refractivity contribution in [1.29, 1.82) is 0 Å². The number of ether oxygens (including phenoxy) is 1. The van der Waals surface area contributed by atoms with Crippen LogP contribution < -0.4 is 4.74 Å². The number of likely N-dealkylation sites (tertiary alicyclic amines) is 1. The van der Waals surface area contributed by atoms with Crippen molar-refractivity contribution < 1.29 is 17.9 Å². The van der Waals surface area contributed by atoms with Gasteiger partial charge in [-0.15, -0.1) is 0 Å². The van der Waals surface area contributed by atoms with E-state index in [0.717, 1.165) is 19.4 Å². The summed E-state index contributed by atoms with van der Waals surface area (Å²) in [7, 11) is 1.55. The number of aromatic nitrogens is 2. The number of aromatic amines is 1. The molecule has 3 aromatic rings. The van der Waals surface area contributed by atoms with Gasteiger partial charge in [-0.05, 0) is 49.7 Å². The Balaban J connectivity index is 1.57. The summed E-state index contributed by atoms with van der Waals surface area (Å²) in [6, 6.07) is 8.54. The van der Waals surface area contributed by atoms with Crippen molar-refractivity contribution in [1.82, 2.24) is 15.1 Å². The molecule has 0 amide bonds. The Hall–Kier alpha value is -2.80. The van der Waals surface area contributed by atoms with Crippen molar-refractivity contribution in [2.45, 2.75) is 25.3 Å². The molecule has 0 radical (unpaired) electrons. The molecular formula is C22H22F3N3O. The van der Waals surface area contributed by atoms with E-state index in [4.69, 9.17) is 4.74 Å². The van der Waals surface area contributed by atoms with Gasteiger partial charge in [-0.3, -0.25) is 10.00 Å². The van der Waals surface area contributed by atoms with E-state index in [1.54, 1.807) is 19.2 Å². The number of halogens is 3. The van der Waals surface area contributed by atoms with Crippen LogP contribution in [-0.4, -0.2) is 35.3 Å². The zero-order chi connectivity index (χ0) is 20.4. The van der Waals surface area contributed by atoms with E-state index in [2.05, 4.69) is 15.1 Å². The van der Waals surface area contributed by atoms with Crippen molar-refractivity contribution in [3.8, 4) is 16.9 Å². The van der Waals surface area contributed by atoms with Crippen LogP contribution in [0.4, 0.5) is 13.2 Å². The molecule has 2 aromatic carbocycles. The molecule has 2 heterocycles. The van der Waals surface area contributed by atoms with Crippen LogP contribution in [0.1, 0.15) is 30.0 Å². The van der Waals surface area contributed by atoms with Crippen molar-refractivity contribution in [2.75, 3.05) is 20.2 Å². The second-order valence-corrected chi connectivity index (χ2v) is 7.33. The maximum atomic E-state index is 14.3. The van der Waals surface area contributed by atoms with Crippen LogP contribution in [0.2, 0.25) is 0 Å². The Labute approximate surface area is 167 Å². The van der Waals surface area contributed by atoms with Gasteiger partial charge in [-0.2, -0.15) is 5.10 Å². The lowest BCUT2D eigenvalue weighted by molar-refractivity contribution is 0.196. The molecule has 1 aliphatic heterocycles. The highest BCUT2D eigenvalue weighted by Crippen LogP contribution is 2.35. The first kappa shape index (κ1) is 19.5. The topological polar surface area (TPSA) is 41.1 Å². The van der Waals surface area contributed by atoms with Crippen LogP contribution in [0.25, 0.3) is 11.1 Å². The molecule has 0 unspecified atom stereocenters. The summed E-state index contributed by atoms with van der Waals surface area (Å²) in [6.45, 7) is 1.91. The highest BCUT2D eigenvalue weighted by Gasteiger charge is 2.27. The van der Waals surface area contributed by atoms with Gasteiger partial charge in [-0.1, -0.05) is 6.07 Å². The number of methoxy groups -OCH3 is 1. The zero-order valence-electron chi connectivity index (χ0n) is 16.1. The van der Waals surface area contributed by atoms with E-state index in [9.17, 15) is 13.2 Å². The molecule has 1 aliphatic rings. The van der Waals surface area contributed by atoms with Gasteiger partial charge in [0.15, 0.2) is 0 Å². The van der Waals surface area contributed by atoms with Gasteiger partial charge in [-0.25, -0.2) is 13.2 Å². The largest absolute Gasteiger partial charge is 0.497 e. The summed E-state index contributed by atoms with van der Waals surface area (Å²) < 4.78 is 48.0. The molecular weight excluding hydrogens is 379 g/mol. The highest BCUT2D eigenvalue weighted by atomic mass is 19.1. The normalized spacial score (nSPS) is 17.4. The summed E-state index contributed by atoms with van der Waals surface area (Å²) in [6.07, 6.45) is 3.23. The third-order valence-electron chi connectivity index (χ3n) is 5.46. The van der Waals surface area contributed by atoms with Crippen molar-refractivity contribution in [2.24, 2.45) is 0 Å². The molecule has 0 bridgehead atoms. The molecule has 1 atom stereocenters. The molecule has 1 aromatic heterocycles. The third-order valence-corrected chi connectivity index (χ3v) is 5.46. The second-order valence-electron chi connectivity index (χ2n) is 7.33. The fraction of sp³-hybridized carbons (Fsp3) is 0.318. The third kappa shape index (κ3) is 4.00. The Morgan fingerprint density at radius 1 is 1.14 bits per heavy atom. The number of nitrogens with zero attached hydrogens (tertiary/aromatic N) is 2. The number of hydrogen-bond acceptors (Lipinski definition) is 3. The van der Waals surface area contributed by atoms with E-state index in [0.29, 0.717) is 35.7 Å². The number of H-pyrrole nitrogens is 1. The summed E-state index contributed by atoms with van der Waals surface area (Å²) in [5.41, 5.74) is 1.66. The van der Waals surface area contributed by atoms with Gasteiger partial charge < -0.3 is 4.74 Å². The molecule has 0 aliphatic carbocycles. The SMILES string of the molecule is COc1ccc(F)c(CN2CCC[C@H](c3[nH]ncc3-c3c(F)cccc3F)C2)c1. The van der Waals surface area contributed by atoms with E-state index in [1.165, 1.54) is 30.5 Å². The Kier molecular flexibility index (Phi) is 5.58. The lowest BCUT2D eigenvalue weighted by Crippen LogP contribution is -2.34. The monoisotopic (exact) mass is 401 g/mol. The zero-order valence-corrected chi connectivity index (χ0v) is 16.1. The predicted molar refractivity (Wildman–Crippen MR) is 104 cm³/mol. The van der Waals surface area contributed by atoms with Gasteiger partial charge in [0.05, 0.1) is 18.9 Å². The maximum Gasteiger partial charge on any atom is 0.134 e. The van der Waals surface area contributed by atoms with Gasteiger partial charge in [0, 0.05) is 35.8 Å². The fourth-order valence-corrected chi connectivity index (χ4v) is 4.04. The van der Waals surface area contributed by atoms with Gasteiger partial charge in [0.2, 0.25) is 0 Å². The summed E-state index contributed by atoms with van der Waals surface area (Å²) in [5.74, 6) is -0.865. The van der Waals surface area contributed by atoms with Crippen LogP contribution >= 0.6 is 0 Å². The van der Waals surface area contributed by atoms with Gasteiger partial charge in [0.25, 0.3) is 0 Å². The highest BCUT2D eigenvalue weighted by molar-refractivity contribution is 5.67. The Morgan fingerprint density at radius 3 is 2.69 bits per heavy atom. The van der Waals surface area contributed by atoms with Crippen molar-refractivity contribution >= 4 is 0 Å². The molecule has 0 saturated carbocycles. The van der Waals surface area contributed by atoms with Crippen molar-refractivity contribution in [3.05, 3.63) is 71.3 Å². The van der Waals surface area contributed by atoms with E-state index in [1.807, 2.05) is 0 Å². The number of nitrogens with one attached hydrogen (secondary N) is 1. The minimum Gasteiger partial charge on any atom is -0.497 e. The average Bonchev–Trinajstić information content (AvgIpc) is 3.19. The van der Waals surface area contributed by atoms with E-state index < -0.39 is 11.6 Å². The Morgan fingerprint density at radius 2 is 1.93 bits per heavy atom. The van der Waals surface area contributed by atoms with Crippen LogP contribution in [0, 0.1) is 17.5 Å². The van der Waals surface area contributed by atoms with E-state index in [-0.39, 0.29) is 17.3 Å². The summed E-state index contributed by atoms with van der Waals surface area (Å²) in [5, 5.41) is 6.99. The van der Waals surface area contributed by atoms with Crippen LogP contribution in [0.15, 0.2) is 42.6 Å². The molecule has 29 heavy (non-hydrogen) atoms. The standard InChI is InChI=1S/C22H22F3N3O/c1-29-16-7-8-18(23)15(10-16)13-28-9-3-4-14(12-28)22-17(11-26-27-22)21-19(24)5-2-6-20(21)25/h2,5-8,10-11,14H,3-4,9,12-13H2,1H3,(H,26,27)/t14-/m0/s1. The average molecular weight is 401 g/mol. The summed E-state index contributed by atoms with van der Waals surface area (Å²) in [4.78, 5) is 2.15. The van der Waals surface area contributed by atoms with Gasteiger partial charge >= 0.3 is 0 Å². The smallest absolute Gasteiger partial charge is 0.134 e. The molecule has 1 saturated heterocycles. The fourth-order valence-electron chi connectivity index (χ4n) is 4.04. The quantitative estimate of drug-likeness (QED) is 0.662. The Bertz CT molecular complexity index is 984. The first-order valence-corrected chi connectivity index (χ1v) is 9.59. The minimum absolute atomic E-state index is 0.0222. The van der Waals surface area contributed by atoms with Crippen LogP contribution in [0.5, 0.6) is 5.75 Å². The minimum atomic E-state index is -0.612. The van der Waals surface area contributed by atoms with Crippen LogP contribution in [-0.2, 0) is 6.54 Å². The molecule has 7 heteroatoms. The lowest BCUT2D eigenvalue weighted by atomic mass is 9.90. The number of hydrogen-bond donors (Lipinski definition) is 1. The number of rotatable bonds is 5. The number of piperidine rings is 1.